The third-order valence-electron chi connectivity index (χ3n) is 0.192. The summed E-state index contributed by atoms with van der Waals surface area (Å²) in [4.78, 5) is 0. The van der Waals surface area contributed by atoms with Gasteiger partial charge in [-0.3, -0.25) is 0 Å². The molecule has 0 fully saturated rings. The van der Waals surface area contributed by atoms with Crippen molar-refractivity contribution in [1.29, 1.82) is 0 Å². The van der Waals surface area contributed by atoms with E-state index in [9.17, 15) is 0 Å². The first kappa shape index (κ1) is 4.17. The molecule has 24 valence electrons. The normalized spacial score (nSPS) is 9.50. The number of allylic oxidation sites excluding steroid dienone is 1. The second kappa shape index (κ2) is 3.17. The standard InChI is InChI=1S/C3H7P/c1-2-3-4/h2-3H,4H2,1H3/b3-2-. The molecule has 4 heavy (non-hydrogen) atoms. The lowest BCUT2D eigenvalue weighted by Crippen LogP contribution is -1.18. The van der Waals surface area contributed by atoms with Crippen LogP contribution in [0.2, 0.25) is 0 Å². The Morgan fingerprint density at radius 2 is 2.00 bits per heavy atom. The van der Waals surface area contributed by atoms with Gasteiger partial charge in [0.15, 0.2) is 0 Å². The van der Waals surface area contributed by atoms with E-state index in [2.05, 4.69) is 9.24 Å². The third-order valence-corrected chi connectivity index (χ3v) is 0.577. The topological polar surface area (TPSA) is 0 Å². The largest absolute Gasteiger partial charge is 0.114 e. The smallest absolute Gasteiger partial charge is 0.0467 e. The van der Waals surface area contributed by atoms with Gasteiger partial charge in [0.05, 0.1) is 0 Å². The van der Waals surface area contributed by atoms with Crippen molar-refractivity contribution in [2.45, 2.75) is 6.92 Å². The van der Waals surface area contributed by atoms with Crippen LogP contribution in [-0.2, 0) is 0 Å². The van der Waals surface area contributed by atoms with E-state index in [1.165, 1.54) is 0 Å². The van der Waals surface area contributed by atoms with Crippen LogP contribution in [0.3, 0.4) is 0 Å². The predicted octanol–water partition coefficient (Wildman–Crippen LogP) is 1.40. The summed E-state index contributed by atoms with van der Waals surface area (Å²) in [7, 11) is 2.47. The summed E-state index contributed by atoms with van der Waals surface area (Å²) in [5, 5.41) is 0. The van der Waals surface area contributed by atoms with Crippen molar-refractivity contribution in [3.63, 3.8) is 0 Å². The number of rotatable bonds is 0. The highest BCUT2D eigenvalue weighted by Crippen LogP contribution is 1.77. The molecule has 1 unspecified atom stereocenters. The first-order valence-corrected chi connectivity index (χ1v) is 1.91. The molecule has 0 nitrogen and oxygen atoms in total. The van der Waals surface area contributed by atoms with Crippen molar-refractivity contribution in [3.05, 3.63) is 11.9 Å². The van der Waals surface area contributed by atoms with E-state index < -0.39 is 0 Å². The van der Waals surface area contributed by atoms with Crippen molar-refractivity contribution in [3.8, 4) is 0 Å². The lowest BCUT2D eigenvalue weighted by atomic mass is 10.8. The highest BCUT2D eigenvalue weighted by atomic mass is 31.0. The Bertz CT molecular complexity index is 18.5. The van der Waals surface area contributed by atoms with E-state index in [0.717, 1.165) is 0 Å². The molecule has 0 aliphatic carbocycles. The molecule has 0 saturated heterocycles. The molecule has 0 aromatic carbocycles. The average Bonchev–Trinajstić information content (AvgIpc) is 1.37. The minimum absolute atomic E-state index is 1.92. The fraction of sp³-hybridized carbons (Fsp3) is 0.333. The van der Waals surface area contributed by atoms with Crippen molar-refractivity contribution < 1.29 is 0 Å². The zero-order valence-corrected chi connectivity index (χ0v) is 3.89. The summed E-state index contributed by atoms with van der Waals surface area (Å²) in [6.45, 7) is 1.98. The number of hydrogen-bond donors (Lipinski definition) is 0. The minimum Gasteiger partial charge on any atom is -0.114 e. The van der Waals surface area contributed by atoms with Gasteiger partial charge in [0.25, 0.3) is 0 Å². The van der Waals surface area contributed by atoms with E-state index in [-0.39, 0.29) is 0 Å². The Kier molecular flexibility index (Phi) is 3.30. The lowest BCUT2D eigenvalue weighted by Gasteiger charge is -1.49. The van der Waals surface area contributed by atoms with Crippen LogP contribution in [0.25, 0.3) is 0 Å². The molecular weight excluding hydrogens is 67.0 g/mol. The Labute approximate surface area is 29.1 Å². The van der Waals surface area contributed by atoms with E-state index >= 15 is 0 Å². The monoisotopic (exact) mass is 74.0 g/mol. The van der Waals surface area contributed by atoms with Gasteiger partial charge < -0.3 is 0 Å². The van der Waals surface area contributed by atoms with Crippen molar-refractivity contribution >= 4 is 9.24 Å². The maximum Gasteiger partial charge on any atom is -0.0467 e. The molecule has 0 heterocycles. The Hall–Kier alpha value is 0.170. The second-order valence-corrected chi connectivity index (χ2v) is 0.911. The summed E-state index contributed by atoms with van der Waals surface area (Å²) in [6.07, 6.45) is 1.96. The lowest BCUT2D eigenvalue weighted by molar-refractivity contribution is 1.79. The van der Waals surface area contributed by atoms with Gasteiger partial charge in [0.1, 0.15) is 0 Å². The highest BCUT2D eigenvalue weighted by molar-refractivity contribution is 7.20. The first-order chi connectivity index (χ1) is 1.91. The molecule has 0 aliphatic heterocycles. The van der Waals surface area contributed by atoms with Gasteiger partial charge in [-0.1, -0.05) is 11.9 Å². The molecule has 0 aromatic heterocycles. The van der Waals surface area contributed by atoms with E-state index in [4.69, 9.17) is 0 Å². The maximum absolute atomic E-state index is 2.47. The van der Waals surface area contributed by atoms with Gasteiger partial charge in [-0.2, -0.15) is 0 Å². The van der Waals surface area contributed by atoms with E-state index in [1.807, 2.05) is 18.8 Å². The molecule has 0 radical (unpaired) electrons. The molecule has 1 atom stereocenters. The van der Waals surface area contributed by atoms with Crippen LogP contribution in [0.4, 0.5) is 0 Å². The van der Waals surface area contributed by atoms with Crippen LogP contribution < -0.4 is 0 Å². The predicted molar refractivity (Wildman–Crippen MR) is 24.5 cm³/mol. The Morgan fingerprint density at radius 3 is 2.00 bits per heavy atom. The quantitative estimate of drug-likeness (QED) is 0.381. The highest BCUT2D eigenvalue weighted by Gasteiger charge is 1.34. The van der Waals surface area contributed by atoms with Crippen molar-refractivity contribution in [2.24, 2.45) is 0 Å². The summed E-state index contributed by atoms with van der Waals surface area (Å²) in [5.41, 5.74) is 0. The van der Waals surface area contributed by atoms with Crippen LogP contribution in [-0.4, -0.2) is 0 Å². The summed E-state index contributed by atoms with van der Waals surface area (Å²) in [5.74, 6) is 1.92. The molecule has 0 bridgehead atoms. The molecule has 0 amide bonds. The van der Waals surface area contributed by atoms with Gasteiger partial charge in [-0.15, -0.1) is 9.24 Å². The van der Waals surface area contributed by atoms with Gasteiger partial charge in [-0.05, 0) is 6.92 Å². The molecule has 0 saturated carbocycles. The summed E-state index contributed by atoms with van der Waals surface area (Å²) in [6, 6.07) is 0. The maximum atomic E-state index is 2.47. The second-order valence-electron chi connectivity index (χ2n) is 0.526. The zero-order chi connectivity index (χ0) is 3.41. The van der Waals surface area contributed by atoms with Gasteiger partial charge in [0, 0.05) is 0 Å². The molecule has 0 aliphatic rings. The SMILES string of the molecule is C/C=C\P. The fourth-order valence-electron chi connectivity index (χ4n) is 0. The zero-order valence-electron chi connectivity index (χ0n) is 2.73. The molecule has 0 N–H and O–H groups in total. The first-order valence-electron chi connectivity index (χ1n) is 1.24. The number of hydrogen-bond acceptors (Lipinski definition) is 0. The van der Waals surface area contributed by atoms with Crippen molar-refractivity contribution in [2.75, 3.05) is 0 Å². The van der Waals surface area contributed by atoms with Crippen LogP contribution >= 0.6 is 9.24 Å². The molecular formula is C3H7P. The molecule has 0 spiro atoms. The summed E-state index contributed by atoms with van der Waals surface area (Å²) < 4.78 is 0. The average molecular weight is 74.1 g/mol. The van der Waals surface area contributed by atoms with Gasteiger partial charge in [0.2, 0.25) is 0 Å². The van der Waals surface area contributed by atoms with Gasteiger partial charge >= 0.3 is 0 Å². The summed E-state index contributed by atoms with van der Waals surface area (Å²) >= 11 is 0. The third kappa shape index (κ3) is 2.17. The Balaban J connectivity index is 2.55. The van der Waals surface area contributed by atoms with Gasteiger partial charge in [-0.25, -0.2) is 0 Å². The molecule has 0 aromatic rings. The van der Waals surface area contributed by atoms with E-state index in [0.29, 0.717) is 0 Å². The van der Waals surface area contributed by atoms with Crippen LogP contribution in [0.5, 0.6) is 0 Å². The van der Waals surface area contributed by atoms with E-state index in [1.54, 1.807) is 0 Å². The van der Waals surface area contributed by atoms with Crippen LogP contribution in [0.15, 0.2) is 11.9 Å². The molecule has 0 rings (SSSR count). The Morgan fingerprint density at radius 1 is 1.75 bits per heavy atom. The van der Waals surface area contributed by atoms with Crippen LogP contribution in [0.1, 0.15) is 6.92 Å². The minimum atomic E-state index is 1.92. The van der Waals surface area contributed by atoms with Crippen molar-refractivity contribution in [1.82, 2.24) is 0 Å². The van der Waals surface area contributed by atoms with Crippen LogP contribution in [0, 0.1) is 0 Å². The molecule has 1 heteroatoms. The fourth-order valence-corrected chi connectivity index (χ4v) is 0.